The van der Waals surface area contributed by atoms with Crippen molar-refractivity contribution in [1.29, 1.82) is 0 Å². The molecular formula is C16H15F2NS. The molecule has 1 N–H and O–H groups in total. The molecule has 1 nitrogen and oxygen atoms in total. The van der Waals surface area contributed by atoms with Gasteiger partial charge in [-0.2, -0.15) is 0 Å². The van der Waals surface area contributed by atoms with E-state index in [-0.39, 0.29) is 0 Å². The van der Waals surface area contributed by atoms with Gasteiger partial charge >= 0.3 is 0 Å². The van der Waals surface area contributed by atoms with Crippen LogP contribution in [0.4, 0.5) is 14.5 Å². The van der Waals surface area contributed by atoms with Crippen molar-refractivity contribution in [2.45, 2.75) is 11.4 Å². The molecule has 0 radical (unpaired) electrons. The van der Waals surface area contributed by atoms with Crippen LogP contribution in [0.5, 0.6) is 0 Å². The minimum absolute atomic E-state index is 0.447. The lowest BCUT2D eigenvalue weighted by molar-refractivity contribution is 0.507. The Labute approximate surface area is 121 Å². The maximum Gasteiger partial charge on any atom is 0.159 e. The van der Waals surface area contributed by atoms with E-state index in [0.717, 1.165) is 22.4 Å². The number of benzene rings is 2. The van der Waals surface area contributed by atoms with Crippen molar-refractivity contribution >= 4 is 17.4 Å². The molecule has 0 amide bonds. The average molecular weight is 291 g/mol. The molecule has 0 aliphatic rings. The van der Waals surface area contributed by atoms with Gasteiger partial charge in [0.1, 0.15) is 0 Å². The van der Waals surface area contributed by atoms with Crippen LogP contribution in [0.1, 0.15) is 5.56 Å². The second-order valence-electron chi connectivity index (χ2n) is 4.20. The summed E-state index contributed by atoms with van der Waals surface area (Å²) in [6, 6.07) is 11.8. The van der Waals surface area contributed by atoms with Crippen LogP contribution in [-0.2, 0) is 6.54 Å². The Kier molecular flexibility index (Phi) is 5.18. The van der Waals surface area contributed by atoms with Crippen molar-refractivity contribution in [2.24, 2.45) is 0 Å². The van der Waals surface area contributed by atoms with E-state index >= 15 is 0 Å². The van der Waals surface area contributed by atoms with Crippen molar-refractivity contribution < 1.29 is 8.78 Å². The van der Waals surface area contributed by atoms with Crippen molar-refractivity contribution in [3.63, 3.8) is 0 Å². The monoisotopic (exact) mass is 291 g/mol. The fraction of sp³-hybridized carbons (Fsp3) is 0.125. The molecule has 0 bridgehead atoms. The van der Waals surface area contributed by atoms with Crippen LogP contribution in [0.25, 0.3) is 0 Å². The van der Waals surface area contributed by atoms with E-state index < -0.39 is 11.6 Å². The summed E-state index contributed by atoms with van der Waals surface area (Å²) in [6.07, 6.45) is 1.84. The molecule has 4 heteroatoms. The number of hydrogen-bond donors (Lipinski definition) is 1. The Bertz CT molecular complexity index is 599. The highest BCUT2D eigenvalue weighted by Gasteiger charge is 2.04. The third kappa shape index (κ3) is 3.84. The highest BCUT2D eigenvalue weighted by atomic mass is 32.2. The zero-order chi connectivity index (χ0) is 14.4. The summed E-state index contributed by atoms with van der Waals surface area (Å²) in [7, 11) is 0. The molecule has 0 saturated carbocycles. The Hall–Kier alpha value is -1.81. The largest absolute Gasteiger partial charge is 0.380 e. The minimum Gasteiger partial charge on any atom is -0.380 e. The number of halogens is 2. The van der Waals surface area contributed by atoms with Crippen LogP contribution < -0.4 is 5.32 Å². The lowest BCUT2D eigenvalue weighted by Gasteiger charge is -2.11. The lowest BCUT2D eigenvalue weighted by Crippen LogP contribution is -2.01. The van der Waals surface area contributed by atoms with Gasteiger partial charge in [0, 0.05) is 22.9 Å². The van der Waals surface area contributed by atoms with Gasteiger partial charge in [-0.1, -0.05) is 24.3 Å². The highest BCUT2D eigenvalue weighted by Crippen LogP contribution is 2.27. The van der Waals surface area contributed by atoms with Crippen LogP contribution in [0.3, 0.4) is 0 Å². The van der Waals surface area contributed by atoms with Crippen molar-refractivity contribution in [2.75, 3.05) is 11.1 Å². The topological polar surface area (TPSA) is 12.0 Å². The zero-order valence-electron chi connectivity index (χ0n) is 10.9. The van der Waals surface area contributed by atoms with E-state index in [1.54, 1.807) is 17.8 Å². The zero-order valence-corrected chi connectivity index (χ0v) is 11.7. The van der Waals surface area contributed by atoms with E-state index in [1.165, 1.54) is 6.07 Å². The summed E-state index contributed by atoms with van der Waals surface area (Å²) >= 11 is 1.67. The van der Waals surface area contributed by atoms with Gasteiger partial charge in [-0.3, -0.25) is 0 Å². The fourth-order valence-corrected chi connectivity index (χ4v) is 2.50. The number of thioether (sulfide) groups is 1. The molecule has 2 aromatic rings. The van der Waals surface area contributed by atoms with E-state index in [9.17, 15) is 8.78 Å². The smallest absolute Gasteiger partial charge is 0.159 e. The van der Waals surface area contributed by atoms with Crippen molar-refractivity contribution in [3.05, 3.63) is 72.3 Å². The molecule has 0 unspecified atom stereocenters. The number of rotatable bonds is 6. The van der Waals surface area contributed by atoms with Gasteiger partial charge in [-0.05, 0) is 29.8 Å². The van der Waals surface area contributed by atoms with Gasteiger partial charge in [-0.25, -0.2) is 8.78 Å². The SMILES string of the molecule is C=CCSc1ccccc1NCc1ccc(F)c(F)c1. The molecule has 0 atom stereocenters. The third-order valence-corrected chi connectivity index (χ3v) is 3.78. The van der Waals surface area contributed by atoms with Crippen molar-refractivity contribution in [1.82, 2.24) is 0 Å². The summed E-state index contributed by atoms with van der Waals surface area (Å²) in [5, 5.41) is 3.24. The van der Waals surface area contributed by atoms with E-state index in [1.807, 2.05) is 30.3 Å². The molecule has 0 spiro atoms. The molecule has 2 rings (SSSR count). The highest BCUT2D eigenvalue weighted by molar-refractivity contribution is 7.99. The first-order chi connectivity index (χ1) is 9.70. The van der Waals surface area contributed by atoms with Crippen molar-refractivity contribution in [3.8, 4) is 0 Å². The molecule has 0 heterocycles. The Morgan fingerprint density at radius 3 is 2.65 bits per heavy atom. The first kappa shape index (κ1) is 14.6. The predicted octanol–water partition coefficient (Wildman–Crippen LogP) is 4.86. The summed E-state index contributed by atoms with van der Waals surface area (Å²) in [6.45, 7) is 4.15. The molecule has 0 saturated heterocycles. The average Bonchev–Trinajstić information content (AvgIpc) is 2.47. The Morgan fingerprint density at radius 2 is 1.90 bits per heavy atom. The summed E-state index contributed by atoms with van der Waals surface area (Å²) < 4.78 is 26.0. The molecule has 104 valence electrons. The quantitative estimate of drug-likeness (QED) is 0.603. The van der Waals surface area contributed by atoms with E-state index in [2.05, 4.69) is 11.9 Å². The van der Waals surface area contributed by atoms with Crippen LogP contribution in [0.15, 0.2) is 60.0 Å². The van der Waals surface area contributed by atoms with E-state index in [0.29, 0.717) is 12.1 Å². The predicted molar refractivity (Wildman–Crippen MR) is 81.0 cm³/mol. The maximum absolute atomic E-state index is 13.1. The summed E-state index contributed by atoms with van der Waals surface area (Å²) in [5.74, 6) is -0.821. The fourth-order valence-electron chi connectivity index (χ4n) is 1.73. The van der Waals surface area contributed by atoms with Gasteiger partial charge in [-0.15, -0.1) is 18.3 Å². The maximum atomic E-state index is 13.1. The Balaban J connectivity index is 2.06. The standard InChI is InChI=1S/C16H15F2NS/c1-2-9-20-16-6-4-3-5-15(16)19-11-12-7-8-13(17)14(18)10-12/h2-8,10,19H,1,9,11H2. The van der Waals surface area contributed by atoms with Crippen LogP contribution in [0.2, 0.25) is 0 Å². The van der Waals surface area contributed by atoms with Gasteiger partial charge in [0.2, 0.25) is 0 Å². The number of para-hydroxylation sites is 1. The van der Waals surface area contributed by atoms with Crippen LogP contribution in [0, 0.1) is 11.6 Å². The second-order valence-corrected chi connectivity index (χ2v) is 5.26. The molecule has 2 aromatic carbocycles. The van der Waals surface area contributed by atoms with Gasteiger partial charge in [0.25, 0.3) is 0 Å². The third-order valence-electron chi connectivity index (χ3n) is 2.71. The number of nitrogens with one attached hydrogen (secondary N) is 1. The van der Waals surface area contributed by atoms with Crippen LogP contribution in [-0.4, -0.2) is 5.75 Å². The van der Waals surface area contributed by atoms with Gasteiger partial charge in [0.15, 0.2) is 11.6 Å². The molecule has 20 heavy (non-hydrogen) atoms. The summed E-state index contributed by atoms with van der Waals surface area (Å²) in [5.41, 5.74) is 1.68. The van der Waals surface area contributed by atoms with Crippen LogP contribution >= 0.6 is 11.8 Å². The molecule has 0 aliphatic carbocycles. The van der Waals surface area contributed by atoms with Gasteiger partial charge < -0.3 is 5.32 Å². The molecular weight excluding hydrogens is 276 g/mol. The second kappa shape index (κ2) is 7.10. The summed E-state index contributed by atoms with van der Waals surface area (Å²) in [4.78, 5) is 1.11. The molecule has 0 fully saturated rings. The normalized spacial score (nSPS) is 10.3. The van der Waals surface area contributed by atoms with Gasteiger partial charge in [0.05, 0.1) is 0 Å². The number of anilines is 1. The number of hydrogen-bond acceptors (Lipinski definition) is 2. The molecule has 0 aromatic heterocycles. The Morgan fingerprint density at radius 1 is 1.10 bits per heavy atom. The molecule has 0 aliphatic heterocycles. The first-order valence-corrected chi connectivity index (χ1v) is 7.20. The van der Waals surface area contributed by atoms with E-state index in [4.69, 9.17) is 0 Å². The lowest BCUT2D eigenvalue weighted by atomic mass is 10.2. The minimum atomic E-state index is -0.823. The first-order valence-electron chi connectivity index (χ1n) is 6.21.